The number of hydrogen-bond donors (Lipinski definition) is 5. The number of nitrogens with one attached hydrogen (secondary N) is 2. The number of Topliss-reactive ketones (excluding diaryl/α,β-unsaturated/α-hetero) is 1. The van der Waals surface area contributed by atoms with Crippen molar-refractivity contribution < 1.29 is 17.8 Å². The van der Waals surface area contributed by atoms with E-state index in [0.717, 1.165) is 82.7 Å². The molecule has 7 N–H and O–H groups in total. The van der Waals surface area contributed by atoms with Crippen LogP contribution in [0.25, 0.3) is 44.1 Å². The fraction of sp³-hybridized carbons (Fsp3) is 0.457. The summed E-state index contributed by atoms with van der Waals surface area (Å²) >= 11 is 0. The first-order valence-corrected chi connectivity index (χ1v) is 22.6. The molecule has 0 spiro atoms. The molecule has 6 heterocycles. The highest BCUT2D eigenvalue weighted by Crippen LogP contribution is 2.73. The average Bonchev–Trinajstić information content (AvgIpc) is 4.03. The molecule has 0 atom stereocenters. The van der Waals surface area contributed by atoms with E-state index in [9.17, 15) is 13.2 Å². The number of ketones is 1. The maximum absolute atomic E-state index is 12.4. The summed E-state index contributed by atoms with van der Waals surface area (Å²) < 4.78 is 34.2. The number of aromatic nitrogens is 8. The number of aryl methyl sites for hydroxylation is 1. The lowest BCUT2D eigenvalue weighted by Crippen LogP contribution is -2.76. The minimum absolute atomic E-state index is 0.0666. The summed E-state index contributed by atoms with van der Waals surface area (Å²) in [6, 6.07) is 14.5. The Bertz CT molecular complexity index is 3030. The van der Waals surface area contributed by atoms with Crippen molar-refractivity contribution in [1.29, 1.82) is 10.5 Å². The third-order valence-corrected chi connectivity index (χ3v) is 14.3. The number of hydrogen-bond acceptors (Lipinski definition) is 11. The lowest BCUT2D eigenvalue weighted by atomic mass is 9.38. The van der Waals surface area contributed by atoms with E-state index >= 15 is 0 Å². The van der Waals surface area contributed by atoms with Crippen LogP contribution in [0.2, 0.25) is 0 Å². The van der Waals surface area contributed by atoms with Crippen LogP contribution in [0.5, 0.6) is 0 Å². The van der Waals surface area contributed by atoms with Crippen molar-refractivity contribution in [3.8, 4) is 12.1 Å². The van der Waals surface area contributed by atoms with Crippen molar-refractivity contribution in [3.05, 3.63) is 79.4 Å². The van der Waals surface area contributed by atoms with Gasteiger partial charge in [0.25, 0.3) is 10.1 Å². The molecule has 0 radical (unpaired) electrons. The highest BCUT2D eigenvalue weighted by molar-refractivity contribution is 7.85. The number of nitriles is 2. The van der Waals surface area contributed by atoms with E-state index in [4.69, 9.17) is 26.5 Å². The Hall–Kier alpha value is -5.98. The number of carbonyl (C=O) groups is 1. The molecule has 0 saturated heterocycles. The highest BCUT2D eigenvalue weighted by Gasteiger charge is 2.69. The molecule has 328 valence electrons. The molecule has 7 aromatic rings. The van der Waals surface area contributed by atoms with Gasteiger partial charge in [-0.2, -0.15) is 18.9 Å². The van der Waals surface area contributed by atoms with Crippen molar-refractivity contribution in [3.63, 3.8) is 0 Å². The second-order valence-electron chi connectivity index (χ2n) is 19.8. The summed E-state index contributed by atoms with van der Waals surface area (Å²) in [5, 5.41) is 19.6. The first kappa shape index (κ1) is 43.7. The minimum Gasteiger partial charge on any atom is -0.346 e. The third kappa shape index (κ3) is 8.11. The first-order valence-electron chi connectivity index (χ1n) is 21.1. The van der Waals surface area contributed by atoms with Crippen molar-refractivity contribution in [2.45, 2.75) is 114 Å². The topological polar surface area (TPSA) is 264 Å². The number of imidazole rings is 2. The fourth-order valence-electron chi connectivity index (χ4n) is 9.95. The Labute approximate surface area is 365 Å². The standard InChI is InChI=1S/C21H23N5O.C13H13N5.C7H8O3S.C5H10N2/c1-19(2,12-22)5-3-14(27)7-20-9-21(10-20,11-20)26-13-25-16-8-24-18-15(17(16)26)4-6-23-18;14-12-4-13(5-12,6-12)18-7-17-9-3-16-11-8(10(9)18)1-2-15-11;1-6-2-4-7(5-3-6)11(8,9)10;1-5(2,3-6)4-7/h4,6,8,13H,3,5,7,9-11H2,1-2H3,(H,23,24);1-3,7H,4-6,14H2,(H,15,16);2-5H,1H3,(H,8,9,10);3,6H2,1-2H3. The van der Waals surface area contributed by atoms with Crippen molar-refractivity contribution in [2.75, 3.05) is 6.54 Å². The highest BCUT2D eigenvalue weighted by atomic mass is 32.2. The van der Waals surface area contributed by atoms with E-state index in [2.05, 4.69) is 63.3 Å². The number of carbonyl (C=O) groups excluding carboxylic acids is 1. The zero-order valence-corrected chi connectivity index (χ0v) is 37.1. The molecule has 1 aromatic carbocycles. The SMILES string of the molecule is CC(C)(C#N)CCC(=O)CC12CC(n3cnc4cnc5[nH]ccc5c43)(C1)C2.CC(C)(C#N)CN.Cc1ccc(S(=O)(=O)O)cc1.NC12CC(n3cnc4cnc5[nH]ccc5c43)(C1)C2. The predicted molar refractivity (Wildman–Crippen MR) is 239 cm³/mol. The molecule has 6 fully saturated rings. The van der Waals surface area contributed by atoms with Crippen molar-refractivity contribution in [2.24, 2.45) is 27.7 Å². The Morgan fingerprint density at radius 2 is 1.27 bits per heavy atom. The smallest absolute Gasteiger partial charge is 0.294 e. The van der Waals surface area contributed by atoms with Gasteiger partial charge in [0.1, 0.15) is 28.1 Å². The molecule has 4 bridgehead atoms. The van der Waals surface area contributed by atoms with Crippen LogP contribution >= 0.6 is 0 Å². The Morgan fingerprint density at radius 3 is 1.68 bits per heavy atom. The van der Waals surface area contributed by atoms with Crippen LogP contribution in [0.4, 0.5) is 0 Å². The molecule has 6 aliphatic rings. The van der Waals surface area contributed by atoms with Crippen LogP contribution in [-0.2, 0) is 26.0 Å². The Morgan fingerprint density at radius 1 is 0.794 bits per heavy atom. The quantitative estimate of drug-likeness (QED) is 0.0894. The van der Waals surface area contributed by atoms with Crippen LogP contribution in [0.15, 0.2) is 78.7 Å². The summed E-state index contributed by atoms with van der Waals surface area (Å²) in [7, 11) is -4.02. The number of nitrogens with zero attached hydrogens (tertiary/aromatic N) is 8. The third-order valence-electron chi connectivity index (χ3n) is 13.4. The van der Waals surface area contributed by atoms with Crippen LogP contribution in [0.3, 0.4) is 0 Å². The van der Waals surface area contributed by atoms with E-state index in [0.29, 0.717) is 31.6 Å². The van der Waals surface area contributed by atoms with Gasteiger partial charge in [0.05, 0.1) is 69.5 Å². The zero-order valence-electron chi connectivity index (χ0n) is 36.3. The number of pyridine rings is 2. The summed E-state index contributed by atoms with van der Waals surface area (Å²) in [4.78, 5) is 36.6. The molecule has 0 unspecified atom stereocenters. The van der Waals surface area contributed by atoms with Gasteiger partial charge >= 0.3 is 0 Å². The van der Waals surface area contributed by atoms with Crippen molar-refractivity contribution in [1.82, 2.24) is 39.0 Å². The molecule has 0 amide bonds. The van der Waals surface area contributed by atoms with Gasteiger partial charge < -0.3 is 30.6 Å². The van der Waals surface area contributed by atoms with Gasteiger partial charge in [0, 0.05) is 53.6 Å². The van der Waals surface area contributed by atoms with Gasteiger partial charge in [-0.3, -0.25) is 9.35 Å². The lowest BCUT2D eigenvalue weighted by Gasteiger charge is -2.71. The molecule has 6 saturated carbocycles. The molecule has 6 aromatic heterocycles. The normalized spacial score (nSPS) is 24.2. The summed E-state index contributed by atoms with van der Waals surface area (Å²) in [5.74, 6) is 0.305. The number of fused-ring (bicyclic) bond motifs is 6. The fourth-order valence-corrected chi connectivity index (χ4v) is 10.4. The van der Waals surface area contributed by atoms with Gasteiger partial charge in [0.2, 0.25) is 0 Å². The summed E-state index contributed by atoms with van der Waals surface area (Å²) in [5.41, 5.74) is 18.3. The lowest BCUT2D eigenvalue weighted by molar-refractivity contribution is -0.190. The first-order chi connectivity index (χ1) is 29.7. The number of nitrogens with two attached hydrogens (primary N) is 2. The van der Waals surface area contributed by atoms with E-state index in [1.165, 1.54) is 17.6 Å². The predicted octanol–water partition coefficient (Wildman–Crippen LogP) is 7.32. The van der Waals surface area contributed by atoms with Gasteiger partial charge in [0.15, 0.2) is 0 Å². The minimum atomic E-state index is -4.02. The van der Waals surface area contributed by atoms with Crippen LogP contribution in [0, 0.1) is 45.8 Å². The van der Waals surface area contributed by atoms with Gasteiger partial charge in [-0.15, -0.1) is 0 Å². The van der Waals surface area contributed by atoms with Gasteiger partial charge in [-0.05, 0) is 109 Å². The van der Waals surface area contributed by atoms with E-state index in [1.807, 2.05) is 72.1 Å². The number of rotatable bonds is 9. The molecule has 0 aliphatic heterocycles. The second kappa shape index (κ2) is 15.4. The monoisotopic (exact) mass is 870 g/mol. The van der Waals surface area contributed by atoms with Crippen LogP contribution in [0.1, 0.15) is 91.0 Å². The number of benzene rings is 1. The Balaban J connectivity index is 0.000000130. The summed E-state index contributed by atoms with van der Waals surface area (Å²) in [6.45, 7) is 9.70. The maximum atomic E-state index is 12.4. The molecule has 16 nitrogen and oxygen atoms in total. The van der Waals surface area contributed by atoms with E-state index < -0.39 is 15.5 Å². The number of aromatic amines is 2. The van der Waals surface area contributed by atoms with Crippen LogP contribution in [-0.4, -0.2) is 69.9 Å². The van der Waals surface area contributed by atoms with E-state index in [1.54, 1.807) is 12.1 Å². The molecular formula is C46H54N12O4S. The largest absolute Gasteiger partial charge is 0.346 e. The van der Waals surface area contributed by atoms with E-state index in [-0.39, 0.29) is 32.3 Å². The molecular weight excluding hydrogens is 817 g/mol. The molecule has 63 heavy (non-hydrogen) atoms. The average molecular weight is 871 g/mol. The maximum Gasteiger partial charge on any atom is 0.294 e. The molecule has 13 rings (SSSR count). The second-order valence-corrected chi connectivity index (χ2v) is 21.2. The molecule has 17 heteroatoms. The molecule has 6 aliphatic carbocycles. The Kier molecular flexibility index (Phi) is 10.7. The van der Waals surface area contributed by atoms with Gasteiger partial charge in [-0.1, -0.05) is 17.7 Å². The van der Waals surface area contributed by atoms with Crippen LogP contribution < -0.4 is 11.5 Å². The van der Waals surface area contributed by atoms with Crippen molar-refractivity contribution >= 4 is 60.0 Å². The van der Waals surface area contributed by atoms with Gasteiger partial charge in [-0.25, -0.2) is 19.9 Å². The summed E-state index contributed by atoms with van der Waals surface area (Å²) in [6.07, 6.45) is 19.6. The zero-order chi connectivity index (χ0) is 45.2. The number of H-pyrrole nitrogens is 2.